The summed E-state index contributed by atoms with van der Waals surface area (Å²) in [7, 11) is 0. The minimum atomic E-state index is -4.03. The van der Waals surface area contributed by atoms with Crippen LogP contribution in [0.5, 0.6) is 0 Å². The van der Waals surface area contributed by atoms with Crippen molar-refractivity contribution in [1.29, 1.82) is 0 Å². The predicted molar refractivity (Wildman–Crippen MR) is 53.0 cm³/mol. The Labute approximate surface area is 88.4 Å². The summed E-state index contributed by atoms with van der Waals surface area (Å²) in [4.78, 5) is 0. The lowest BCUT2D eigenvalue weighted by atomic mass is 9.94. The average molecular weight is 224 g/mol. The van der Waals surface area contributed by atoms with Gasteiger partial charge >= 0.3 is 6.18 Å². The minimum absolute atomic E-state index is 0.0647. The van der Waals surface area contributed by atoms with E-state index < -0.39 is 12.6 Å². The largest absolute Gasteiger partial charge is 0.389 e. The van der Waals surface area contributed by atoms with Gasteiger partial charge in [-0.3, -0.25) is 11.3 Å². The highest BCUT2D eigenvalue weighted by Gasteiger charge is 2.28. The molecule has 1 aliphatic rings. The highest BCUT2D eigenvalue weighted by Crippen LogP contribution is 2.30. The number of halogens is 3. The molecule has 1 aliphatic carbocycles. The number of hydrogen-bond acceptors (Lipinski definition) is 2. The summed E-state index contributed by atoms with van der Waals surface area (Å²) < 4.78 is 35.8. The smallest absolute Gasteiger partial charge is 0.271 e. The number of nitrogens with two attached hydrogens (primary N) is 1. The van der Waals surface area contributed by atoms with Crippen molar-refractivity contribution in [2.45, 2.75) is 57.2 Å². The molecule has 2 nitrogen and oxygen atoms in total. The third kappa shape index (κ3) is 4.84. The maximum absolute atomic E-state index is 11.9. The van der Waals surface area contributed by atoms with Gasteiger partial charge in [0.15, 0.2) is 0 Å². The van der Waals surface area contributed by atoms with Crippen molar-refractivity contribution in [3.63, 3.8) is 0 Å². The molecule has 3 N–H and O–H groups in total. The van der Waals surface area contributed by atoms with E-state index in [0.29, 0.717) is 12.3 Å². The molecule has 0 amide bonds. The van der Waals surface area contributed by atoms with Gasteiger partial charge in [0.05, 0.1) is 0 Å². The first-order valence-corrected chi connectivity index (χ1v) is 5.56. The molecule has 1 atom stereocenters. The van der Waals surface area contributed by atoms with Crippen LogP contribution in [0.2, 0.25) is 0 Å². The number of nitrogens with one attached hydrogen (secondary N) is 1. The molecule has 0 spiro atoms. The van der Waals surface area contributed by atoms with Crippen LogP contribution >= 0.6 is 0 Å². The van der Waals surface area contributed by atoms with E-state index in [0.717, 1.165) is 12.8 Å². The zero-order valence-corrected chi connectivity index (χ0v) is 8.82. The third-order valence-corrected chi connectivity index (χ3v) is 3.16. The molecule has 1 fully saturated rings. The van der Waals surface area contributed by atoms with E-state index in [1.165, 1.54) is 12.8 Å². The van der Waals surface area contributed by atoms with Crippen LogP contribution in [-0.4, -0.2) is 12.2 Å². The standard InChI is InChI=1S/C10H19F3N2/c11-10(12,13)7-3-6-9(15-14)8-4-1-2-5-8/h8-9,15H,1-7,14H2. The van der Waals surface area contributed by atoms with E-state index >= 15 is 0 Å². The van der Waals surface area contributed by atoms with Crippen LogP contribution in [0, 0.1) is 5.92 Å². The average Bonchev–Trinajstić information content (AvgIpc) is 2.63. The van der Waals surface area contributed by atoms with Gasteiger partial charge in [-0.05, 0) is 31.6 Å². The molecule has 0 heterocycles. The van der Waals surface area contributed by atoms with E-state index in [2.05, 4.69) is 5.43 Å². The Bertz CT molecular complexity index is 176. The topological polar surface area (TPSA) is 38.0 Å². The Kier molecular flexibility index (Phi) is 4.86. The summed E-state index contributed by atoms with van der Waals surface area (Å²) in [5.74, 6) is 5.85. The maximum Gasteiger partial charge on any atom is 0.389 e. The highest BCUT2D eigenvalue weighted by molar-refractivity contribution is 4.79. The maximum atomic E-state index is 11.9. The summed E-state index contributed by atoms with van der Waals surface area (Å²) in [6.45, 7) is 0. The normalized spacial score (nSPS) is 20.8. The van der Waals surface area contributed by atoms with Gasteiger partial charge in [-0.15, -0.1) is 0 Å². The van der Waals surface area contributed by atoms with Crippen molar-refractivity contribution >= 4 is 0 Å². The van der Waals surface area contributed by atoms with Gasteiger partial charge in [0.25, 0.3) is 0 Å². The third-order valence-electron chi connectivity index (χ3n) is 3.16. The van der Waals surface area contributed by atoms with Crippen molar-refractivity contribution in [3.8, 4) is 0 Å². The first-order valence-electron chi connectivity index (χ1n) is 5.56. The van der Waals surface area contributed by atoms with E-state index in [9.17, 15) is 13.2 Å². The van der Waals surface area contributed by atoms with Crippen LogP contribution in [0.15, 0.2) is 0 Å². The molecule has 0 aliphatic heterocycles. The van der Waals surface area contributed by atoms with E-state index in [4.69, 9.17) is 5.84 Å². The van der Waals surface area contributed by atoms with Crippen molar-refractivity contribution in [3.05, 3.63) is 0 Å². The van der Waals surface area contributed by atoms with Crippen LogP contribution in [0.3, 0.4) is 0 Å². The van der Waals surface area contributed by atoms with Crippen LogP contribution in [-0.2, 0) is 0 Å². The van der Waals surface area contributed by atoms with E-state index in [1.807, 2.05) is 0 Å². The Morgan fingerprint density at radius 2 is 1.87 bits per heavy atom. The number of hydrazine groups is 1. The molecule has 15 heavy (non-hydrogen) atoms. The van der Waals surface area contributed by atoms with Gasteiger partial charge < -0.3 is 0 Å². The summed E-state index contributed by atoms with van der Waals surface area (Å²) in [6, 6.07) is 0.0647. The molecule has 5 heteroatoms. The monoisotopic (exact) mass is 224 g/mol. The molecular formula is C10H19F3N2. The quantitative estimate of drug-likeness (QED) is 0.556. The second-order valence-electron chi connectivity index (χ2n) is 4.33. The molecule has 1 saturated carbocycles. The second kappa shape index (κ2) is 5.70. The number of hydrogen-bond donors (Lipinski definition) is 2. The fourth-order valence-electron chi connectivity index (χ4n) is 2.34. The molecule has 0 aromatic carbocycles. The molecule has 0 aromatic rings. The molecular weight excluding hydrogens is 205 g/mol. The molecule has 0 aromatic heterocycles. The van der Waals surface area contributed by atoms with Gasteiger partial charge in [0.1, 0.15) is 0 Å². The van der Waals surface area contributed by atoms with Crippen LogP contribution in [0.25, 0.3) is 0 Å². The Balaban J connectivity index is 2.21. The first kappa shape index (κ1) is 12.8. The predicted octanol–water partition coefficient (Wildman–Crippen LogP) is 2.74. The number of rotatable bonds is 5. The SMILES string of the molecule is NNC(CCCC(F)(F)F)C1CCCC1. The number of alkyl halides is 3. The van der Waals surface area contributed by atoms with E-state index in [1.54, 1.807) is 0 Å². The second-order valence-corrected chi connectivity index (χ2v) is 4.33. The van der Waals surface area contributed by atoms with Crippen molar-refractivity contribution in [1.82, 2.24) is 5.43 Å². The van der Waals surface area contributed by atoms with Crippen LogP contribution in [0.1, 0.15) is 44.9 Å². The van der Waals surface area contributed by atoms with Gasteiger partial charge in [-0.1, -0.05) is 12.8 Å². The zero-order chi connectivity index (χ0) is 11.3. The summed E-state index contributed by atoms with van der Waals surface area (Å²) in [5.41, 5.74) is 2.66. The van der Waals surface area contributed by atoms with Crippen molar-refractivity contribution in [2.75, 3.05) is 0 Å². The fraction of sp³-hybridized carbons (Fsp3) is 1.00. The lowest BCUT2D eigenvalue weighted by Crippen LogP contribution is -2.40. The molecule has 0 radical (unpaired) electrons. The van der Waals surface area contributed by atoms with Gasteiger partial charge in [0, 0.05) is 12.5 Å². The Morgan fingerprint density at radius 3 is 2.33 bits per heavy atom. The first-order chi connectivity index (χ1) is 7.03. The van der Waals surface area contributed by atoms with Gasteiger partial charge in [-0.2, -0.15) is 13.2 Å². The Hall–Kier alpha value is -0.290. The molecule has 0 saturated heterocycles. The summed E-state index contributed by atoms with van der Waals surface area (Å²) in [5, 5.41) is 0. The molecule has 90 valence electrons. The molecule has 1 rings (SSSR count). The summed E-state index contributed by atoms with van der Waals surface area (Å²) >= 11 is 0. The highest BCUT2D eigenvalue weighted by atomic mass is 19.4. The lowest BCUT2D eigenvalue weighted by molar-refractivity contribution is -0.136. The molecule has 0 bridgehead atoms. The van der Waals surface area contributed by atoms with Crippen LogP contribution in [0.4, 0.5) is 13.2 Å². The minimum Gasteiger partial charge on any atom is -0.271 e. The summed E-state index contributed by atoms with van der Waals surface area (Å²) in [6.07, 6.45) is 0.536. The van der Waals surface area contributed by atoms with Gasteiger partial charge in [-0.25, -0.2) is 0 Å². The van der Waals surface area contributed by atoms with Gasteiger partial charge in [0.2, 0.25) is 0 Å². The fourth-order valence-corrected chi connectivity index (χ4v) is 2.34. The van der Waals surface area contributed by atoms with Crippen molar-refractivity contribution in [2.24, 2.45) is 11.8 Å². The zero-order valence-electron chi connectivity index (χ0n) is 8.82. The van der Waals surface area contributed by atoms with E-state index in [-0.39, 0.29) is 12.5 Å². The molecule has 1 unspecified atom stereocenters. The van der Waals surface area contributed by atoms with Crippen molar-refractivity contribution < 1.29 is 13.2 Å². The lowest BCUT2D eigenvalue weighted by Gasteiger charge is -2.22. The van der Waals surface area contributed by atoms with Crippen LogP contribution < -0.4 is 11.3 Å². The Morgan fingerprint density at radius 1 is 1.27 bits per heavy atom.